The van der Waals surface area contributed by atoms with E-state index in [1.165, 1.54) is 24.8 Å². The number of nitrogens with two attached hydrogens (primary N) is 1. The van der Waals surface area contributed by atoms with Crippen molar-refractivity contribution >= 4 is 41.0 Å². The van der Waals surface area contributed by atoms with E-state index in [1.807, 2.05) is 6.07 Å². The zero-order chi connectivity index (χ0) is 15.4. The Hall–Kier alpha value is -1.31. The van der Waals surface area contributed by atoms with Crippen LogP contribution in [0.5, 0.6) is 0 Å². The van der Waals surface area contributed by atoms with Gasteiger partial charge in [0.25, 0.3) is 0 Å². The van der Waals surface area contributed by atoms with Crippen molar-refractivity contribution < 1.29 is 0 Å². The summed E-state index contributed by atoms with van der Waals surface area (Å²) in [5, 5.41) is 0. The molecular formula is C17H26IN5. The van der Waals surface area contributed by atoms with Crippen LogP contribution >= 0.6 is 24.0 Å². The summed E-state index contributed by atoms with van der Waals surface area (Å²) in [5.41, 5.74) is 8.35. The average Bonchev–Trinajstić information content (AvgIpc) is 2.88. The molecule has 23 heavy (non-hydrogen) atoms. The van der Waals surface area contributed by atoms with Crippen LogP contribution in [0.2, 0.25) is 0 Å². The van der Waals surface area contributed by atoms with E-state index < -0.39 is 0 Å². The molecule has 0 radical (unpaired) electrons. The number of para-hydroxylation sites is 2. The summed E-state index contributed by atoms with van der Waals surface area (Å²) in [4.78, 5) is 11.3. The Morgan fingerprint density at radius 1 is 1.22 bits per heavy atom. The van der Waals surface area contributed by atoms with Gasteiger partial charge in [-0.3, -0.25) is 4.99 Å². The minimum Gasteiger partial charge on any atom is -0.370 e. The highest BCUT2D eigenvalue weighted by Gasteiger charge is 2.11. The van der Waals surface area contributed by atoms with E-state index in [1.54, 1.807) is 0 Å². The van der Waals surface area contributed by atoms with Crippen molar-refractivity contribution in [3.8, 4) is 0 Å². The van der Waals surface area contributed by atoms with Crippen LogP contribution in [0.25, 0.3) is 11.0 Å². The second kappa shape index (κ2) is 8.52. The van der Waals surface area contributed by atoms with E-state index in [4.69, 9.17) is 5.73 Å². The lowest BCUT2D eigenvalue weighted by Crippen LogP contribution is -2.40. The zero-order valence-corrected chi connectivity index (χ0v) is 16.1. The number of halogens is 1. The van der Waals surface area contributed by atoms with Gasteiger partial charge in [0.05, 0.1) is 11.0 Å². The van der Waals surface area contributed by atoms with Crippen LogP contribution < -0.4 is 5.73 Å². The Balaban J connectivity index is 0.00000192. The highest BCUT2D eigenvalue weighted by molar-refractivity contribution is 14.0. The minimum atomic E-state index is 0. The Morgan fingerprint density at radius 3 is 2.74 bits per heavy atom. The monoisotopic (exact) mass is 427 g/mol. The maximum atomic E-state index is 6.09. The zero-order valence-electron chi connectivity index (χ0n) is 13.7. The van der Waals surface area contributed by atoms with Crippen molar-refractivity contribution in [3.05, 3.63) is 30.1 Å². The number of likely N-dealkylation sites (tertiary alicyclic amines) is 1. The molecule has 3 rings (SSSR count). The summed E-state index contributed by atoms with van der Waals surface area (Å²) < 4.78 is 2.27. The number of piperidine rings is 1. The van der Waals surface area contributed by atoms with Gasteiger partial charge in [0.1, 0.15) is 5.82 Å². The predicted molar refractivity (Wildman–Crippen MR) is 106 cm³/mol. The third-order valence-electron chi connectivity index (χ3n) is 4.34. The number of nitrogens with zero attached hydrogens (tertiary/aromatic N) is 4. The van der Waals surface area contributed by atoms with Gasteiger partial charge in [0.2, 0.25) is 0 Å². The van der Waals surface area contributed by atoms with E-state index in [9.17, 15) is 0 Å². The van der Waals surface area contributed by atoms with Crippen molar-refractivity contribution in [1.82, 2.24) is 14.5 Å². The molecule has 126 valence electrons. The van der Waals surface area contributed by atoms with E-state index in [0.717, 1.165) is 43.9 Å². The molecular weight excluding hydrogens is 401 g/mol. The van der Waals surface area contributed by atoms with Crippen LogP contribution in [0.1, 0.15) is 31.5 Å². The van der Waals surface area contributed by atoms with Gasteiger partial charge in [0.15, 0.2) is 5.96 Å². The summed E-state index contributed by atoms with van der Waals surface area (Å²) in [6.07, 6.45) is 4.76. The third-order valence-corrected chi connectivity index (χ3v) is 4.34. The van der Waals surface area contributed by atoms with E-state index in [-0.39, 0.29) is 24.0 Å². The maximum absolute atomic E-state index is 6.09. The number of hydrogen-bond acceptors (Lipinski definition) is 2. The van der Waals surface area contributed by atoms with Crippen LogP contribution in [-0.4, -0.2) is 40.0 Å². The van der Waals surface area contributed by atoms with E-state index in [2.05, 4.69) is 44.6 Å². The molecule has 5 nitrogen and oxygen atoms in total. The summed E-state index contributed by atoms with van der Waals surface area (Å²) in [7, 11) is 0. The van der Waals surface area contributed by atoms with Gasteiger partial charge in [0, 0.05) is 26.2 Å². The molecule has 1 aromatic carbocycles. The number of imidazole rings is 1. The molecule has 1 saturated heterocycles. The largest absolute Gasteiger partial charge is 0.370 e. The number of guanidine groups is 1. The van der Waals surface area contributed by atoms with Crippen molar-refractivity contribution in [2.24, 2.45) is 10.7 Å². The number of rotatable bonds is 4. The Bertz CT molecular complexity index is 658. The lowest BCUT2D eigenvalue weighted by molar-refractivity contribution is 0.338. The first-order chi connectivity index (χ1) is 10.8. The van der Waals surface area contributed by atoms with Crippen LogP contribution in [0.4, 0.5) is 0 Å². The maximum Gasteiger partial charge on any atom is 0.191 e. The number of aromatic nitrogens is 2. The van der Waals surface area contributed by atoms with Crippen molar-refractivity contribution in [2.75, 3.05) is 19.6 Å². The highest BCUT2D eigenvalue weighted by atomic mass is 127. The fourth-order valence-corrected chi connectivity index (χ4v) is 3.12. The van der Waals surface area contributed by atoms with Crippen molar-refractivity contribution in [2.45, 2.75) is 39.2 Å². The SMILES string of the molecule is Cc1nc2ccccc2n1CCCN=C(N)N1CCCCC1.I. The van der Waals surface area contributed by atoms with Gasteiger partial charge in [-0.2, -0.15) is 0 Å². The highest BCUT2D eigenvalue weighted by Crippen LogP contribution is 2.15. The average molecular weight is 427 g/mol. The predicted octanol–water partition coefficient (Wildman–Crippen LogP) is 3.15. The Kier molecular flexibility index (Phi) is 6.68. The van der Waals surface area contributed by atoms with Crippen LogP contribution in [0, 0.1) is 6.92 Å². The van der Waals surface area contributed by atoms with Gasteiger partial charge in [-0.15, -0.1) is 24.0 Å². The molecule has 2 aromatic rings. The fraction of sp³-hybridized carbons (Fsp3) is 0.529. The molecule has 1 aliphatic heterocycles. The Morgan fingerprint density at radius 2 is 1.96 bits per heavy atom. The molecule has 6 heteroatoms. The van der Waals surface area contributed by atoms with Crippen molar-refractivity contribution in [3.63, 3.8) is 0 Å². The molecule has 2 N–H and O–H groups in total. The number of hydrogen-bond donors (Lipinski definition) is 1. The lowest BCUT2D eigenvalue weighted by Gasteiger charge is -2.27. The first-order valence-electron chi connectivity index (χ1n) is 8.22. The van der Waals surface area contributed by atoms with E-state index >= 15 is 0 Å². The van der Waals surface area contributed by atoms with Gasteiger partial charge in [-0.1, -0.05) is 12.1 Å². The molecule has 0 spiro atoms. The first kappa shape index (κ1) is 18.0. The smallest absolute Gasteiger partial charge is 0.191 e. The second-order valence-corrected chi connectivity index (χ2v) is 5.94. The fourth-order valence-electron chi connectivity index (χ4n) is 3.12. The normalized spacial score (nSPS) is 15.7. The molecule has 0 atom stereocenters. The molecule has 0 aliphatic carbocycles. The number of fused-ring (bicyclic) bond motifs is 1. The molecule has 1 aliphatic rings. The number of aliphatic imine (C=N–C) groups is 1. The van der Waals surface area contributed by atoms with Crippen molar-refractivity contribution in [1.29, 1.82) is 0 Å². The summed E-state index contributed by atoms with van der Waals surface area (Å²) in [5.74, 6) is 1.78. The van der Waals surface area contributed by atoms with E-state index in [0.29, 0.717) is 5.96 Å². The van der Waals surface area contributed by atoms with Gasteiger partial charge >= 0.3 is 0 Å². The molecule has 0 saturated carbocycles. The van der Waals surface area contributed by atoms with Gasteiger partial charge in [-0.25, -0.2) is 4.98 Å². The minimum absolute atomic E-state index is 0. The molecule has 0 amide bonds. The molecule has 1 aromatic heterocycles. The number of aryl methyl sites for hydroxylation is 2. The lowest BCUT2D eigenvalue weighted by atomic mass is 10.1. The quantitative estimate of drug-likeness (QED) is 0.353. The Labute approximate surface area is 155 Å². The molecule has 1 fully saturated rings. The topological polar surface area (TPSA) is 59.4 Å². The molecule has 0 bridgehead atoms. The summed E-state index contributed by atoms with van der Waals surface area (Å²) in [6.45, 7) is 5.88. The number of benzene rings is 1. The van der Waals surface area contributed by atoms with Gasteiger partial charge in [-0.05, 0) is 44.7 Å². The van der Waals surface area contributed by atoms with Crippen LogP contribution in [0.15, 0.2) is 29.3 Å². The third kappa shape index (κ3) is 4.37. The second-order valence-electron chi connectivity index (χ2n) is 5.94. The first-order valence-corrected chi connectivity index (χ1v) is 8.22. The molecule has 2 heterocycles. The summed E-state index contributed by atoms with van der Waals surface area (Å²) in [6, 6.07) is 8.28. The standard InChI is InChI=1S/C17H25N5.HI/c1-14-20-15-8-3-4-9-16(15)22(14)13-7-10-19-17(18)21-11-5-2-6-12-21;/h3-4,8-9H,2,5-7,10-13H2,1H3,(H2,18,19);1H. The summed E-state index contributed by atoms with van der Waals surface area (Å²) >= 11 is 0. The molecule has 0 unspecified atom stereocenters. The van der Waals surface area contributed by atoms with Crippen LogP contribution in [-0.2, 0) is 6.54 Å². The van der Waals surface area contributed by atoms with Gasteiger partial charge < -0.3 is 15.2 Å². The van der Waals surface area contributed by atoms with Crippen LogP contribution in [0.3, 0.4) is 0 Å².